The van der Waals surface area contributed by atoms with E-state index >= 15 is 0 Å². The minimum Gasteiger partial charge on any atom is -0.338 e. The Bertz CT molecular complexity index is 586. The van der Waals surface area contributed by atoms with Crippen molar-refractivity contribution in [2.75, 3.05) is 31.6 Å². The van der Waals surface area contributed by atoms with Crippen molar-refractivity contribution in [1.29, 1.82) is 0 Å². The molecule has 3 amide bonds. The van der Waals surface area contributed by atoms with Crippen LogP contribution in [-0.2, 0) is 4.79 Å². The second kappa shape index (κ2) is 8.83. The molecule has 0 saturated carbocycles. The Kier molecular flexibility index (Phi) is 6.79. The summed E-state index contributed by atoms with van der Waals surface area (Å²) in [4.78, 5) is 32.5. The minimum atomic E-state index is -0.0144. The molecule has 0 aromatic carbocycles. The molecule has 1 aromatic heterocycles. The van der Waals surface area contributed by atoms with Gasteiger partial charge in [-0.25, -0.2) is 9.78 Å². The molecule has 1 aliphatic heterocycles. The van der Waals surface area contributed by atoms with Crippen molar-refractivity contribution < 1.29 is 9.59 Å². The Morgan fingerprint density at radius 3 is 2.80 bits per heavy atom. The summed E-state index contributed by atoms with van der Waals surface area (Å²) in [6.07, 6.45) is 4.13. The van der Waals surface area contributed by atoms with Gasteiger partial charge in [0.1, 0.15) is 5.82 Å². The van der Waals surface area contributed by atoms with Gasteiger partial charge >= 0.3 is 6.03 Å². The first-order valence-electron chi connectivity index (χ1n) is 9.08. The fourth-order valence-electron chi connectivity index (χ4n) is 2.99. The first-order valence-corrected chi connectivity index (χ1v) is 9.08. The van der Waals surface area contributed by atoms with Crippen LogP contribution in [0.25, 0.3) is 0 Å². The summed E-state index contributed by atoms with van der Waals surface area (Å²) >= 11 is 0. The number of urea groups is 1. The number of nitrogens with one attached hydrogen (secondary N) is 1. The van der Waals surface area contributed by atoms with Gasteiger partial charge in [-0.15, -0.1) is 0 Å². The van der Waals surface area contributed by atoms with Crippen LogP contribution in [0, 0.1) is 18.8 Å². The Morgan fingerprint density at radius 1 is 1.40 bits per heavy atom. The third kappa shape index (κ3) is 5.73. The summed E-state index contributed by atoms with van der Waals surface area (Å²) in [5.41, 5.74) is 1.07. The van der Waals surface area contributed by atoms with Crippen LogP contribution in [0.5, 0.6) is 0 Å². The average molecular weight is 346 g/mol. The molecule has 0 bridgehead atoms. The molecule has 1 fully saturated rings. The SMILES string of the molecule is Cc1ccc(N(C)C(=O)CC2CCCN(C(=O)NCC(C)C)C2)nc1. The number of anilines is 1. The molecule has 1 atom stereocenters. The molecule has 1 aliphatic rings. The summed E-state index contributed by atoms with van der Waals surface area (Å²) < 4.78 is 0. The molecular formula is C19H30N4O2. The minimum absolute atomic E-state index is 0.0144. The van der Waals surface area contributed by atoms with Crippen LogP contribution in [0.2, 0.25) is 0 Å². The van der Waals surface area contributed by atoms with E-state index in [4.69, 9.17) is 0 Å². The van der Waals surface area contributed by atoms with Crippen LogP contribution < -0.4 is 10.2 Å². The number of nitrogens with zero attached hydrogens (tertiary/aromatic N) is 3. The highest BCUT2D eigenvalue weighted by Gasteiger charge is 2.26. The topological polar surface area (TPSA) is 65.5 Å². The molecule has 1 unspecified atom stereocenters. The third-order valence-corrected chi connectivity index (χ3v) is 4.54. The van der Waals surface area contributed by atoms with E-state index in [1.54, 1.807) is 18.1 Å². The van der Waals surface area contributed by atoms with Crippen LogP contribution >= 0.6 is 0 Å². The van der Waals surface area contributed by atoms with Gasteiger partial charge in [-0.1, -0.05) is 19.9 Å². The molecular weight excluding hydrogens is 316 g/mol. The summed E-state index contributed by atoms with van der Waals surface area (Å²) in [5.74, 6) is 1.35. The van der Waals surface area contributed by atoms with Gasteiger partial charge in [-0.05, 0) is 43.2 Å². The number of pyridine rings is 1. The zero-order valence-electron chi connectivity index (χ0n) is 15.8. The number of aromatic nitrogens is 1. The quantitative estimate of drug-likeness (QED) is 0.891. The first-order chi connectivity index (χ1) is 11.9. The van der Waals surface area contributed by atoms with Gasteiger partial charge in [0.05, 0.1) is 0 Å². The van der Waals surface area contributed by atoms with Gasteiger partial charge in [0.15, 0.2) is 0 Å². The second-order valence-corrected chi connectivity index (χ2v) is 7.38. The maximum absolute atomic E-state index is 12.6. The molecule has 25 heavy (non-hydrogen) atoms. The summed E-state index contributed by atoms with van der Waals surface area (Å²) in [5, 5.41) is 2.96. The molecule has 0 spiro atoms. The smallest absolute Gasteiger partial charge is 0.317 e. The molecule has 2 heterocycles. The van der Waals surface area contributed by atoms with E-state index in [-0.39, 0.29) is 17.9 Å². The van der Waals surface area contributed by atoms with Gasteiger partial charge in [-0.2, -0.15) is 0 Å². The molecule has 1 saturated heterocycles. The van der Waals surface area contributed by atoms with Gasteiger partial charge < -0.3 is 10.2 Å². The highest BCUT2D eigenvalue weighted by molar-refractivity contribution is 5.92. The highest BCUT2D eigenvalue weighted by Crippen LogP contribution is 2.21. The van der Waals surface area contributed by atoms with Crippen LogP contribution in [0.1, 0.15) is 38.7 Å². The van der Waals surface area contributed by atoms with Crippen LogP contribution in [0.3, 0.4) is 0 Å². The van der Waals surface area contributed by atoms with Gasteiger partial charge in [-0.3, -0.25) is 9.69 Å². The molecule has 0 aliphatic carbocycles. The predicted octanol–water partition coefficient (Wildman–Crippen LogP) is 2.82. The van der Waals surface area contributed by atoms with E-state index in [2.05, 4.69) is 24.1 Å². The Balaban J connectivity index is 1.87. The van der Waals surface area contributed by atoms with Gasteiger partial charge in [0, 0.05) is 39.3 Å². The largest absolute Gasteiger partial charge is 0.338 e. The second-order valence-electron chi connectivity index (χ2n) is 7.38. The first kappa shape index (κ1) is 19.2. The van der Waals surface area contributed by atoms with Crippen molar-refractivity contribution >= 4 is 17.8 Å². The normalized spacial score (nSPS) is 17.5. The number of carbonyl (C=O) groups excluding carboxylic acids is 2. The van der Waals surface area contributed by atoms with E-state index in [9.17, 15) is 9.59 Å². The van der Waals surface area contributed by atoms with E-state index < -0.39 is 0 Å². The van der Waals surface area contributed by atoms with E-state index in [0.29, 0.717) is 31.2 Å². The van der Waals surface area contributed by atoms with Crippen molar-refractivity contribution in [1.82, 2.24) is 15.2 Å². The van der Waals surface area contributed by atoms with Crippen molar-refractivity contribution in [2.45, 2.75) is 40.0 Å². The molecule has 6 heteroatoms. The average Bonchev–Trinajstić information content (AvgIpc) is 2.59. The maximum Gasteiger partial charge on any atom is 0.317 e. The van der Waals surface area contributed by atoms with E-state index in [1.165, 1.54) is 0 Å². The Morgan fingerprint density at radius 2 is 2.16 bits per heavy atom. The van der Waals surface area contributed by atoms with E-state index in [1.807, 2.05) is 24.0 Å². The number of carbonyl (C=O) groups is 2. The fourth-order valence-corrected chi connectivity index (χ4v) is 2.99. The van der Waals surface area contributed by atoms with Crippen molar-refractivity contribution in [3.05, 3.63) is 23.9 Å². The number of hydrogen-bond acceptors (Lipinski definition) is 3. The molecule has 138 valence electrons. The van der Waals surface area contributed by atoms with Crippen LogP contribution in [0.15, 0.2) is 18.3 Å². The lowest BCUT2D eigenvalue weighted by Crippen LogP contribution is -2.47. The van der Waals surface area contributed by atoms with E-state index in [0.717, 1.165) is 24.9 Å². The molecule has 1 N–H and O–H groups in total. The standard InChI is InChI=1S/C19H30N4O2/c1-14(2)11-21-19(25)23-9-5-6-16(13-23)10-18(24)22(4)17-8-7-15(3)12-20-17/h7-8,12,14,16H,5-6,9-11,13H2,1-4H3,(H,21,25). The number of rotatable bonds is 5. The summed E-state index contributed by atoms with van der Waals surface area (Å²) in [6, 6.07) is 3.80. The number of amides is 3. The predicted molar refractivity (Wildman–Crippen MR) is 99.5 cm³/mol. The highest BCUT2D eigenvalue weighted by atomic mass is 16.2. The molecule has 0 radical (unpaired) electrons. The number of likely N-dealkylation sites (tertiary alicyclic amines) is 1. The summed E-state index contributed by atoms with van der Waals surface area (Å²) in [6.45, 7) is 8.22. The van der Waals surface area contributed by atoms with Crippen molar-refractivity contribution in [3.8, 4) is 0 Å². The number of piperidine rings is 1. The lowest BCUT2D eigenvalue weighted by Gasteiger charge is -2.33. The number of aryl methyl sites for hydroxylation is 1. The zero-order valence-corrected chi connectivity index (χ0v) is 15.8. The maximum atomic E-state index is 12.6. The lowest BCUT2D eigenvalue weighted by molar-refractivity contribution is -0.119. The number of hydrogen-bond donors (Lipinski definition) is 1. The monoisotopic (exact) mass is 346 g/mol. The molecule has 6 nitrogen and oxygen atoms in total. The lowest BCUT2D eigenvalue weighted by atomic mass is 9.94. The van der Waals surface area contributed by atoms with Crippen LogP contribution in [-0.4, -0.2) is 48.5 Å². The van der Waals surface area contributed by atoms with Gasteiger partial charge in [0.2, 0.25) is 5.91 Å². The Labute approximate surface area is 150 Å². The van der Waals surface area contributed by atoms with Gasteiger partial charge in [0.25, 0.3) is 0 Å². The molecule has 2 rings (SSSR count). The van der Waals surface area contributed by atoms with Crippen LogP contribution in [0.4, 0.5) is 10.6 Å². The third-order valence-electron chi connectivity index (χ3n) is 4.54. The van der Waals surface area contributed by atoms with Crippen molar-refractivity contribution in [2.24, 2.45) is 11.8 Å². The molecule has 1 aromatic rings. The summed E-state index contributed by atoms with van der Waals surface area (Å²) in [7, 11) is 1.76. The zero-order chi connectivity index (χ0) is 18.4. The van der Waals surface area contributed by atoms with Crippen molar-refractivity contribution in [3.63, 3.8) is 0 Å². The fraction of sp³-hybridized carbons (Fsp3) is 0.632. The Hall–Kier alpha value is -2.11.